The van der Waals surface area contributed by atoms with Crippen LogP contribution in [0.15, 0.2) is 67.3 Å². The number of benzene rings is 2. The number of hydrogen-bond donors (Lipinski definition) is 0. The Balaban J connectivity index is 1.96. The lowest BCUT2D eigenvalue weighted by molar-refractivity contribution is -0.0570. The summed E-state index contributed by atoms with van der Waals surface area (Å²) in [5.41, 5.74) is 2.22. The zero-order chi connectivity index (χ0) is 19.5. The monoisotopic (exact) mass is 368 g/mol. The molecule has 0 heterocycles. The van der Waals surface area contributed by atoms with E-state index in [4.69, 9.17) is 14.2 Å². The average Bonchev–Trinajstić information content (AvgIpc) is 2.70. The summed E-state index contributed by atoms with van der Waals surface area (Å²) in [6.45, 7) is 9.98. The minimum Gasteiger partial charge on any atom is -0.497 e. The molecule has 2 rings (SSSR count). The van der Waals surface area contributed by atoms with E-state index in [1.807, 2.05) is 30.3 Å². The average molecular weight is 369 g/mol. The van der Waals surface area contributed by atoms with Gasteiger partial charge in [-0.2, -0.15) is 0 Å². The molecule has 0 fully saturated rings. The second kappa shape index (κ2) is 10.9. The van der Waals surface area contributed by atoms with Crippen LogP contribution in [0.4, 0.5) is 0 Å². The Morgan fingerprint density at radius 3 is 2.33 bits per heavy atom. The normalized spacial score (nSPS) is 12.6. The molecule has 0 N–H and O–H groups in total. The molecule has 0 aliphatic carbocycles. The molecular weight excluding hydrogens is 336 g/mol. The second-order valence-electron chi connectivity index (χ2n) is 7.28. The molecule has 0 aliphatic heterocycles. The van der Waals surface area contributed by atoms with E-state index in [9.17, 15) is 0 Å². The van der Waals surface area contributed by atoms with Gasteiger partial charge >= 0.3 is 0 Å². The predicted octanol–water partition coefficient (Wildman–Crippen LogP) is 5.44. The van der Waals surface area contributed by atoms with Crippen LogP contribution in [-0.4, -0.2) is 25.9 Å². The van der Waals surface area contributed by atoms with Crippen molar-refractivity contribution >= 4 is 0 Å². The lowest BCUT2D eigenvalue weighted by Gasteiger charge is -2.34. The zero-order valence-electron chi connectivity index (χ0n) is 16.8. The Labute approximate surface area is 164 Å². The standard InChI is InChI=1S/C24H32O3/c1-5-16-27-24(2,3)22(18-20-11-13-23(25-4)14-12-20)15-17-26-19-21-9-7-6-8-10-21/h5-14,22H,1,15-19H2,2-4H3/t22-/m1/s1. The lowest BCUT2D eigenvalue weighted by Crippen LogP contribution is -2.37. The van der Waals surface area contributed by atoms with Crippen LogP contribution in [-0.2, 0) is 22.5 Å². The molecule has 0 aliphatic rings. The molecule has 27 heavy (non-hydrogen) atoms. The molecule has 146 valence electrons. The number of methoxy groups -OCH3 is 1. The van der Waals surface area contributed by atoms with Gasteiger partial charge in [0.25, 0.3) is 0 Å². The second-order valence-corrected chi connectivity index (χ2v) is 7.28. The first-order valence-corrected chi connectivity index (χ1v) is 9.54. The van der Waals surface area contributed by atoms with Crippen LogP contribution in [0.2, 0.25) is 0 Å². The van der Waals surface area contributed by atoms with Crippen molar-refractivity contribution in [2.24, 2.45) is 5.92 Å². The van der Waals surface area contributed by atoms with Crippen molar-refractivity contribution in [2.75, 3.05) is 20.3 Å². The molecule has 1 atom stereocenters. The maximum absolute atomic E-state index is 6.07. The van der Waals surface area contributed by atoms with E-state index >= 15 is 0 Å². The van der Waals surface area contributed by atoms with Gasteiger partial charge in [0.05, 0.1) is 25.9 Å². The van der Waals surface area contributed by atoms with Crippen LogP contribution in [0.25, 0.3) is 0 Å². The highest BCUT2D eigenvalue weighted by molar-refractivity contribution is 5.27. The third kappa shape index (κ3) is 7.20. The molecule has 0 radical (unpaired) electrons. The van der Waals surface area contributed by atoms with Gasteiger partial charge in [-0.3, -0.25) is 0 Å². The topological polar surface area (TPSA) is 27.7 Å². The quantitative estimate of drug-likeness (QED) is 0.369. The van der Waals surface area contributed by atoms with Crippen molar-refractivity contribution in [2.45, 2.75) is 38.9 Å². The maximum Gasteiger partial charge on any atom is 0.118 e. The van der Waals surface area contributed by atoms with Crippen LogP contribution in [0, 0.1) is 5.92 Å². The molecule has 0 aromatic heterocycles. The van der Waals surface area contributed by atoms with Gasteiger partial charge in [-0.25, -0.2) is 0 Å². The zero-order valence-corrected chi connectivity index (χ0v) is 16.8. The summed E-state index contributed by atoms with van der Waals surface area (Å²) in [5, 5.41) is 0. The van der Waals surface area contributed by atoms with E-state index in [2.05, 4.69) is 44.7 Å². The Morgan fingerprint density at radius 2 is 1.70 bits per heavy atom. The highest BCUT2D eigenvalue weighted by Gasteiger charge is 2.30. The largest absolute Gasteiger partial charge is 0.497 e. The van der Waals surface area contributed by atoms with E-state index in [-0.39, 0.29) is 5.60 Å². The molecule has 2 aromatic rings. The highest BCUT2D eigenvalue weighted by atomic mass is 16.5. The van der Waals surface area contributed by atoms with Gasteiger partial charge in [-0.1, -0.05) is 48.5 Å². The first-order valence-electron chi connectivity index (χ1n) is 9.54. The Hall–Kier alpha value is -2.10. The summed E-state index contributed by atoms with van der Waals surface area (Å²) in [5.74, 6) is 1.21. The van der Waals surface area contributed by atoms with Crippen molar-refractivity contribution in [1.82, 2.24) is 0 Å². The molecule has 0 unspecified atom stereocenters. The SMILES string of the molecule is C=CCOC(C)(C)[C@H](CCOCc1ccccc1)Cc1ccc(OC)cc1. The minimum absolute atomic E-state index is 0.260. The molecule has 0 spiro atoms. The van der Waals surface area contributed by atoms with Crippen LogP contribution in [0.3, 0.4) is 0 Å². The maximum atomic E-state index is 6.07. The van der Waals surface area contributed by atoms with Crippen LogP contribution in [0.5, 0.6) is 5.75 Å². The number of hydrogen-bond acceptors (Lipinski definition) is 3. The fourth-order valence-electron chi connectivity index (χ4n) is 3.12. The molecular formula is C24H32O3. The summed E-state index contributed by atoms with van der Waals surface area (Å²) in [7, 11) is 1.69. The molecule has 3 nitrogen and oxygen atoms in total. The van der Waals surface area contributed by atoms with E-state index in [0.29, 0.717) is 25.7 Å². The molecule has 0 bridgehead atoms. The van der Waals surface area contributed by atoms with Gasteiger partial charge in [0, 0.05) is 6.61 Å². The highest BCUT2D eigenvalue weighted by Crippen LogP contribution is 2.29. The molecule has 3 heteroatoms. The Morgan fingerprint density at radius 1 is 1.00 bits per heavy atom. The van der Waals surface area contributed by atoms with E-state index in [1.54, 1.807) is 13.2 Å². The van der Waals surface area contributed by atoms with Crippen LogP contribution >= 0.6 is 0 Å². The van der Waals surface area contributed by atoms with Crippen molar-refractivity contribution < 1.29 is 14.2 Å². The Kier molecular flexibility index (Phi) is 8.56. The van der Waals surface area contributed by atoms with Crippen molar-refractivity contribution in [3.05, 3.63) is 78.4 Å². The molecule has 0 saturated carbocycles. The number of rotatable bonds is 12. The van der Waals surface area contributed by atoms with Crippen molar-refractivity contribution in [3.63, 3.8) is 0 Å². The minimum atomic E-state index is -0.260. The summed E-state index contributed by atoms with van der Waals surface area (Å²) in [6, 6.07) is 18.5. The van der Waals surface area contributed by atoms with Crippen molar-refractivity contribution in [3.8, 4) is 5.75 Å². The Bertz CT molecular complexity index is 662. The summed E-state index contributed by atoms with van der Waals surface area (Å²) in [6.07, 6.45) is 3.67. The lowest BCUT2D eigenvalue weighted by atomic mass is 9.83. The summed E-state index contributed by atoms with van der Waals surface area (Å²) in [4.78, 5) is 0. The molecule has 2 aromatic carbocycles. The summed E-state index contributed by atoms with van der Waals surface area (Å²) >= 11 is 0. The third-order valence-corrected chi connectivity index (χ3v) is 4.92. The smallest absolute Gasteiger partial charge is 0.118 e. The molecule has 0 saturated heterocycles. The van der Waals surface area contributed by atoms with Gasteiger partial charge in [0.1, 0.15) is 5.75 Å². The molecule has 0 amide bonds. The van der Waals surface area contributed by atoms with Crippen LogP contribution in [0.1, 0.15) is 31.4 Å². The van der Waals surface area contributed by atoms with E-state index < -0.39 is 0 Å². The predicted molar refractivity (Wildman–Crippen MR) is 111 cm³/mol. The fraction of sp³-hybridized carbons (Fsp3) is 0.417. The fourth-order valence-corrected chi connectivity index (χ4v) is 3.12. The first-order chi connectivity index (χ1) is 13.0. The van der Waals surface area contributed by atoms with Crippen LogP contribution < -0.4 is 4.74 Å². The number of ether oxygens (including phenoxy) is 3. The van der Waals surface area contributed by atoms with Gasteiger partial charge in [-0.15, -0.1) is 6.58 Å². The first kappa shape index (κ1) is 21.2. The van der Waals surface area contributed by atoms with Gasteiger partial charge < -0.3 is 14.2 Å². The van der Waals surface area contributed by atoms with E-state index in [0.717, 1.165) is 18.6 Å². The van der Waals surface area contributed by atoms with Gasteiger partial charge in [0.2, 0.25) is 0 Å². The van der Waals surface area contributed by atoms with Crippen molar-refractivity contribution in [1.29, 1.82) is 0 Å². The summed E-state index contributed by atoms with van der Waals surface area (Å²) < 4.78 is 17.3. The van der Waals surface area contributed by atoms with E-state index in [1.165, 1.54) is 11.1 Å². The van der Waals surface area contributed by atoms with Gasteiger partial charge in [-0.05, 0) is 55.9 Å². The third-order valence-electron chi connectivity index (χ3n) is 4.92. The van der Waals surface area contributed by atoms with Gasteiger partial charge in [0.15, 0.2) is 0 Å².